The molecule has 120 valence electrons. The van der Waals surface area contributed by atoms with Crippen molar-refractivity contribution in [1.82, 2.24) is 5.32 Å². The fourth-order valence-corrected chi connectivity index (χ4v) is 2.55. The van der Waals surface area contributed by atoms with E-state index in [1.165, 1.54) is 11.1 Å². The molecule has 3 rings (SSSR count). The number of carbonyl (C=O) groups excluding carboxylic acids is 2. The number of hydrogen-bond acceptors (Lipinski definition) is 5. The van der Waals surface area contributed by atoms with E-state index < -0.39 is 11.8 Å². The number of hydrogen-bond donors (Lipinski definition) is 1. The van der Waals surface area contributed by atoms with Gasteiger partial charge in [0, 0.05) is 12.3 Å². The van der Waals surface area contributed by atoms with Gasteiger partial charge in [0.2, 0.25) is 5.91 Å². The third-order valence-electron chi connectivity index (χ3n) is 3.60. The second-order valence-corrected chi connectivity index (χ2v) is 5.79. The lowest BCUT2D eigenvalue weighted by atomic mass is 10.1. The van der Waals surface area contributed by atoms with Crippen LogP contribution in [-0.4, -0.2) is 35.8 Å². The number of carbonyl (C=O) groups is 2. The van der Waals surface area contributed by atoms with E-state index in [2.05, 4.69) is 10.3 Å². The quantitative estimate of drug-likeness (QED) is 0.506. The molecule has 0 aromatic heterocycles. The van der Waals surface area contributed by atoms with Gasteiger partial charge in [-0.2, -0.15) is 0 Å². The summed E-state index contributed by atoms with van der Waals surface area (Å²) >= 11 is 5.15. The summed E-state index contributed by atoms with van der Waals surface area (Å²) in [6.07, 6.45) is 3.47. The molecule has 0 spiro atoms. The van der Waals surface area contributed by atoms with Crippen LogP contribution in [0.15, 0.2) is 29.3 Å². The van der Waals surface area contributed by atoms with Gasteiger partial charge in [-0.3, -0.25) is 19.5 Å². The van der Waals surface area contributed by atoms with Crippen LogP contribution >= 0.6 is 12.2 Å². The van der Waals surface area contributed by atoms with Gasteiger partial charge in [0.05, 0.1) is 12.3 Å². The van der Waals surface area contributed by atoms with Crippen LogP contribution in [0.4, 0.5) is 5.69 Å². The van der Waals surface area contributed by atoms with Gasteiger partial charge in [-0.1, -0.05) is 0 Å². The van der Waals surface area contributed by atoms with E-state index in [1.54, 1.807) is 24.3 Å². The zero-order valence-corrected chi connectivity index (χ0v) is 13.5. The molecule has 7 heteroatoms. The Balaban J connectivity index is 1.82. The average Bonchev–Trinajstić information content (AvgIpc) is 3.33. The molecule has 1 aliphatic carbocycles. The van der Waals surface area contributed by atoms with Crippen molar-refractivity contribution in [2.75, 3.05) is 11.5 Å². The standard InChI is InChI=1S/C16H17N3O3S/c1-2-22-12-7-5-11(6-8-12)19-15(21)13(9-17-10-3-4-10)14(20)18-16(19)23/h5-10,13H,2-4H2,1H3,(H,18,20,23)/t13-/m0/s1. The summed E-state index contributed by atoms with van der Waals surface area (Å²) in [4.78, 5) is 30.2. The molecule has 6 nitrogen and oxygen atoms in total. The van der Waals surface area contributed by atoms with E-state index in [4.69, 9.17) is 17.0 Å². The van der Waals surface area contributed by atoms with Crippen molar-refractivity contribution in [3.8, 4) is 5.75 Å². The van der Waals surface area contributed by atoms with E-state index in [0.717, 1.165) is 12.8 Å². The van der Waals surface area contributed by atoms with E-state index in [9.17, 15) is 9.59 Å². The van der Waals surface area contributed by atoms with E-state index >= 15 is 0 Å². The van der Waals surface area contributed by atoms with Gasteiger partial charge in [-0.05, 0) is 56.2 Å². The highest BCUT2D eigenvalue weighted by Gasteiger charge is 2.38. The van der Waals surface area contributed by atoms with Crippen molar-refractivity contribution in [1.29, 1.82) is 0 Å². The predicted octanol–water partition coefficient (Wildman–Crippen LogP) is 1.68. The summed E-state index contributed by atoms with van der Waals surface area (Å²) in [6, 6.07) is 7.25. The third kappa shape index (κ3) is 3.39. The van der Waals surface area contributed by atoms with Gasteiger partial charge in [-0.25, -0.2) is 0 Å². The molecular formula is C16H17N3O3S. The second-order valence-electron chi connectivity index (χ2n) is 5.40. The van der Waals surface area contributed by atoms with Crippen LogP contribution in [0.3, 0.4) is 0 Å². The average molecular weight is 331 g/mol. The molecule has 0 bridgehead atoms. The minimum absolute atomic E-state index is 0.0835. The summed E-state index contributed by atoms with van der Waals surface area (Å²) in [5.41, 5.74) is 0.591. The van der Waals surface area contributed by atoms with Crippen molar-refractivity contribution in [3.05, 3.63) is 24.3 Å². The topological polar surface area (TPSA) is 71.0 Å². The molecule has 1 aliphatic heterocycles. The Labute approximate surface area is 139 Å². The van der Waals surface area contributed by atoms with Crippen molar-refractivity contribution in [2.45, 2.75) is 25.8 Å². The predicted molar refractivity (Wildman–Crippen MR) is 90.8 cm³/mol. The van der Waals surface area contributed by atoms with Gasteiger partial charge < -0.3 is 10.1 Å². The molecule has 1 N–H and O–H groups in total. The fraction of sp³-hybridized carbons (Fsp3) is 0.375. The van der Waals surface area contributed by atoms with Gasteiger partial charge >= 0.3 is 0 Å². The van der Waals surface area contributed by atoms with Crippen molar-refractivity contribution in [2.24, 2.45) is 10.9 Å². The third-order valence-corrected chi connectivity index (χ3v) is 3.89. The van der Waals surface area contributed by atoms with Crippen LogP contribution in [0.2, 0.25) is 0 Å². The van der Waals surface area contributed by atoms with E-state index in [1.807, 2.05) is 6.92 Å². The summed E-state index contributed by atoms with van der Waals surface area (Å²) in [7, 11) is 0. The number of thiocarbonyl (C=S) groups is 1. The van der Waals surface area contributed by atoms with Crippen LogP contribution in [0, 0.1) is 5.92 Å². The summed E-state index contributed by atoms with van der Waals surface area (Å²) < 4.78 is 5.38. The SMILES string of the molecule is CCOc1ccc(N2C(=O)[C@@H](C=NC3CC3)C(=O)NC2=S)cc1. The lowest BCUT2D eigenvalue weighted by Gasteiger charge is -2.31. The molecule has 2 fully saturated rings. The zero-order valence-electron chi connectivity index (χ0n) is 12.7. The van der Waals surface area contributed by atoms with Gasteiger partial charge in [0.1, 0.15) is 5.75 Å². The van der Waals surface area contributed by atoms with E-state index in [-0.39, 0.29) is 17.1 Å². The van der Waals surface area contributed by atoms with Crippen molar-refractivity contribution in [3.63, 3.8) is 0 Å². The number of nitrogens with one attached hydrogen (secondary N) is 1. The zero-order chi connectivity index (χ0) is 16.4. The Kier molecular flexibility index (Phi) is 4.38. The molecule has 1 aromatic carbocycles. The summed E-state index contributed by atoms with van der Waals surface area (Å²) in [5.74, 6) is -1.03. The Morgan fingerprint density at radius 1 is 1.35 bits per heavy atom. The van der Waals surface area contributed by atoms with Gasteiger partial charge in [0.25, 0.3) is 5.91 Å². The molecule has 1 atom stereocenters. The van der Waals surface area contributed by atoms with Crippen LogP contribution in [0.25, 0.3) is 0 Å². The van der Waals surface area contributed by atoms with Crippen molar-refractivity contribution < 1.29 is 14.3 Å². The number of nitrogens with zero attached hydrogens (tertiary/aromatic N) is 2. The van der Waals surface area contributed by atoms with Crippen molar-refractivity contribution >= 4 is 41.0 Å². The summed E-state index contributed by atoms with van der Waals surface area (Å²) in [6.45, 7) is 2.46. The number of amides is 2. The lowest BCUT2D eigenvalue weighted by Crippen LogP contribution is -2.58. The molecular weight excluding hydrogens is 314 g/mol. The molecule has 2 amide bonds. The minimum Gasteiger partial charge on any atom is -0.494 e. The molecule has 2 aliphatic rings. The highest BCUT2D eigenvalue weighted by molar-refractivity contribution is 7.80. The number of benzene rings is 1. The Morgan fingerprint density at radius 2 is 2.04 bits per heavy atom. The maximum atomic E-state index is 12.6. The van der Waals surface area contributed by atoms with Gasteiger partial charge in [-0.15, -0.1) is 0 Å². The van der Waals surface area contributed by atoms with Crippen LogP contribution in [0.5, 0.6) is 5.75 Å². The molecule has 0 unspecified atom stereocenters. The first-order valence-electron chi connectivity index (χ1n) is 7.55. The largest absolute Gasteiger partial charge is 0.494 e. The summed E-state index contributed by atoms with van der Waals surface area (Å²) in [5, 5.41) is 2.65. The molecule has 0 radical (unpaired) electrons. The lowest BCUT2D eigenvalue weighted by molar-refractivity contribution is -0.130. The second kappa shape index (κ2) is 6.45. The first-order chi connectivity index (χ1) is 11.1. The normalized spacial score (nSPS) is 21.7. The number of aliphatic imine (C=N–C) groups is 1. The van der Waals surface area contributed by atoms with Crippen LogP contribution in [0.1, 0.15) is 19.8 Å². The molecule has 1 saturated heterocycles. The van der Waals surface area contributed by atoms with Gasteiger partial charge in [0.15, 0.2) is 11.0 Å². The first kappa shape index (κ1) is 15.6. The highest BCUT2D eigenvalue weighted by atomic mass is 32.1. The number of rotatable bonds is 5. The maximum absolute atomic E-state index is 12.6. The smallest absolute Gasteiger partial charge is 0.251 e. The Hall–Kier alpha value is -2.28. The Morgan fingerprint density at radius 3 is 2.65 bits per heavy atom. The molecule has 1 aromatic rings. The van der Waals surface area contributed by atoms with Crippen LogP contribution < -0.4 is 15.0 Å². The van der Waals surface area contributed by atoms with Crippen LogP contribution in [-0.2, 0) is 9.59 Å². The Bertz CT molecular complexity index is 668. The fourth-order valence-electron chi connectivity index (χ4n) is 2.26. The van der Waals surface area contributed by atoms with E-state index in [0.29, 0.717) is 18.0 Å². The number of anilines is 1. The first-order valence-corrected chi connectivity index (χ1v) is 7.96. The monoisotopic (exact) mass is 331 g/mol. The molecule has 1 heterocycles. The molecule has 1 saturated carbocycles. The highest BCUT2D eigenvalue weighted by Crippen LogP contribution is 2.25. The molecule has 23 heavy (non-hydrogen) atoms. The maximum Gasteiger partial charge on any atom is 0.251 e. The minimum atomic E-state index is -0.936. The number of ether oxygens (including phenoxy) is 1.